The Hall–Kier alpha value is -2.42. The minimum atomic E-state index is -0.418. The highest BCUT2D eigenvalue weighted by Gasteiger charge is 2.20. The van der Waals surface area contributed by atoms with Gasteiger partial charge in [-0.3, -0.25) is 9.36 Å². The molecule has 1 atom stereocenters. The van der Waals surface area contributed by atoms with Crippen molar-refractivity contribution in [1.82, 2.24) is 14.8 Å². The first-order valence-corrected chi connectivity index (χ1v) is 8.99. The molecule has 0 radical (unpaired) electrons. The topological polar surface area (TPSA) is 98.2 Å². The smallest absolute Gasteiger partial charge is 0.343 e. The highest BCUT2D eigenvalue weighted by Crippen LogP contribution is 2.33. The number of carbonyl (C=O) groups excluding carboxylic acids is 1. The number of thioether (sulfide) groups is 1. The number of carbonyl (C=O) groups is 1. The molecular weight excluding hydrogens is 344 g/mol. The lowest BCUT2D eigenvalue weighted by atomic mass is 10.2. The quantitative estimate of drug-likeness (QED) is 0.760. The van der Waals surface area contributed by atoms with E-state index in [1.807, 2.05) is 6.92 Å². The van der Waals surface area contributed by atoms with Gasteiger partial charge in [-0.1, -0.05) is 18.7 Å². The number of amides is 1. The van der Waals surface area contributed by atoms with E-state index in [1.165, 1.54) is 11.8 Å². The van der Waals surface area contributed by atoms with E-state index in [0.717, 1.165) is 6.42 Å². The highest BCUT2D eigenvalue weighted by atomic mass is 32.2. The Balaban J connectivity index is 1.66. The lowest BCUT2D eigenvalue weighted by Crippen LogP contribution is -2.24. The molecule has 9 heteroatoms. The summed E-state index contributed by atoms with van der Waals surface area (Å²) in [5.41, 5.74) is 0.374. The number of rotatable bonds is 6. The second kappa shape index (κ2) is 7.64. The first kappa shape index (κ1) is 17.4. The Bertz CT molecular complexity index is 817. The van der Waals surface area contributed by atoms with Crippen LogP contribution in [0, 0.1) is 0 Å². The highest BCUT2D eigenvalue weighted by molar-refractivity contribution is 8.00. The van der Waals surface area contributed by atoms with Gasteiger partial charge in [0.15, 0.2) is 16.7 Å². The van der Waals surface area contributed by atoms with Crippen LogP contribution in [0.15, 0.2) is 28.2 Å². The van der Waals surface area contributed by atoms with Gasteiger partial charge in [0.05, 0.1) is 5.25 Å². The Morgan fingerprint density at radius 3 is 2.92 bits per heavy atom. The molecule has 2 heterocycles. The van der Waals surface area contributed by atoms with Gasteiger partial charge in [0.1, 0.15) is 13.2 Å². The fourth-order valence-corrected chi connectivity index (χ4v) is 3.27. The summed E-state index contributed by atoms with van der Waals surface area (Å²) < 4.78 is 12.5. The van der Waals surface area contributed by atoms with Crippen molar-refractivity contribution < 1.29 is 14.3 Å². The number of aromatic amines is 1. The van der Waals surface area contributed by atoms with Crippen molar-refractivity contribution in [2.75, 3.05) is 18.5 Å². The van der Waals surface area contributed by atoms with Crippen molar-refractivity contribution >= 4 is 23.4 Å². The van der Waals surface area contributed by atoms with E-state index >= 15 is 0 Å². The van der Waals surface area contributed by atoms with Crippen LogP contribution in [-0.4, -0.2) is 39.1 Å². The summed E-state index contributed by atoms with van der Waals surface area (Å²) in [7, 11) is 0. The van der Waals surface area contributed by atoms with Crippen LogP contribution in [0.25, 0.3) is 0 Å². The number of hydrogen-bond donors (Lipinski definition) is 2. The van der Waals surface area contributed by atoms with Crippen LogP contribution in [0.1, 0.15) is 20.3 Å². The number of benzene rings is 1. The summed E-state index contributed by atoms with van der Waals surface area (Å²) >= 11 is 1.24. The van der Waals surface area contributed by atoms with Crippen LogP contribution >= 0.6 is 11.8 Å². The van der Waals surface area contributed by atoms with E-state index in [1.54, 1.807) is 29.7 Å². The van der Waals surface area contributed by atoms with Crippen molar-refractivity contribution in [1.29, 1.82) is 0 Å². The second-order valence-electron chi connectivity index (χ2n) is 5.57. The zero-order valence-electron chi connectivity index (χ0n) is 14.1. The van der Waals surface area contributed by atoms with Crippen LogP contribution < -0.4 is 20.5 Å². The van der Waals surface area contributed by atoms with Crippen LogP contribution in [0.5, 0.6) is 11.5 Å². The second-order valence-corrected chi connectivity index (χ2v) is 6.88. The molecule has 0 fully saturated rings. The van der Waals surface area contributed by atoms with Gasteiger partial charge < -0.3 is 14.8 Å². The van der Waals surface area contributed by atoms with Crippen molar-refractivity contribution in [3.63, 3.8) is 0 Å². The Morgan fingerprint density at radius 2 is 2.16 bits per heavy atom. The number of aromatic nitrogens is 3. The molecule has 2 N–H and O–H groups in total. The third-order valence-electron chi connectivity index (χ3n) is 3.63. The summed E-state index contributed by atoms with van der Waals surface area (Å²) in [6.45, 7) is 5.33. The molecule has 1 aromatic heterocycles. The van der Waals surface area contributed by atoms with Gasteiger partial charge in [-0.2, -0.15) is 0 Å². The molecule has 0 aliphatic carbocycles. The number of anilines is 1. The van der Waals surface area contributed by atoms with Crippen molar-refractivity contribution in [2.45, 2.75) is 37.2 Å². The molecule has 0 spiro atoms. The maximum absolute atomic E-state index is 12.4. The number of hydrogen-bond acceptors (Lipinski definition) is 6. The number of H-pyrrole nitrogens is 1. The first-order chi connectivity index (χ1) is 12.1. The molecular formula is C16H20N4O4S. The fourth-order valence-electron chi connectivity index (χ4n) is 2.39. The standard InChI is InChI=1S/C16H20N4O4S/c1-3-6-20-15(22)18-19-16(20)25-10(2)14(21)17-11-4-5-12-13(9-11)24-8-7-23-12/h4-5,9-10H,3,6-8H2,1-2H3,(H,17,21)(H,18,22)/t10-/m0/s1. The molecule has 0 saturated heterocycles. The van der Waals surface area contributed by atoms with Gasteiger partial charge in [-0.15, -0.1) is 5.10 Å². The van der Waals surface area contributed by atoms with Gasteiger partial charge in [0.2, 0.25) is 5.91 Å². The average Bonchev–Trinajstić information content (AvgIpc) is 2.95. The van der Waals surface area contributed by atoms with Crippen LogP contribution in [0.4, 0.5) is 5.69 Å². The molecule has 1 aliphatic heterocycles. The SMILES string of the molecule is CCCn1c(S[C@@H](C)C(=O)Nc2ccc3c(c2)OCCO3)n[nH]c1=O. The molecule has 3 rings (SSSR count). The number of nitrogens with zero attached hydrogens (tertiary/aromatic N) is 2. The lowest BCUT2D eigenvalue weighted by molar-refractivity contribution is -0.115. The number of ether oxygens (including phenoxy) is 2. The summed E-state index contributed by atoms with van der Waals surface area (Å²) in [5.74, 6) is 1.11. The van der Waals surface area contributed by atoms with E-state index in [9.17, 15) is 9.59 Å². The van der Waals surface area contributed by atoms with E-state index in [0.29, 0.717) is 42.1 Å². The molecule has 2 aromatic rings. The third-order valence-corrected chi connectivity index (χ3v) is 4.72. The van der Waals surface area contributed by atoms with Gasteiger partial charge in [0.25, 0.3) is 0 Å². The van der Waals surface area contributed by atoms with Crippen molar-refractivity contribution in [2.24, 2.45) is 0 Å². The van der Waals surface area contributed by atoms with Crippen molar-refractivity contribution in [3.05, 3.63) is 28.7 Å². The van der Waals surface area contributed by atoms with E-state index in [4.69, 9.17) is 9.47 Å². The zero-order chi connectivity index (χ0) is 17.8. The maximum Gasteiger partial charge on any atom is 0.343 e. The largest absolute Gasteiger partial charge is 0.486 e. The minimum absolute atomic E-state index is 0.180. The van der Waals surface area contributed by atoms with Crippen LogP contribution in [0.3, 0.4) is 0 Å². The molecule has 1 aromatic carbocycles. The predicted octanol–water partition coefficient (Wildman–Crippen LogP) is 1.87. The van der Waals surface area contributed by atoms with Gasteiger partial charge in [-0.25, -0.2) is 9.89 Å². The van der Waals surface area contributed by atoms with Crippen LogP contribution in [0.2, 0.25) is 0 Å². The molecule has 25 heavy (non-hydrogen) atoms. The molecule has 0 saturated carbocycles. The normalized spacial score (nSPS) is 14.2. The van der Waals surface area contributed by atoms with Crippen LogP contribution in [-0.2, 0) is 11.3 Å². The van der Waals surface area contributed by atoms with Gasteiger partial charge >= 0.3 is 5.69 Å². The summed E-state index contributed by atoms with van der Waals surface area (Å²) in [4.78, 5) is 24.1. The lowest BCUT2D eigenvalue weighted by Gasteiger charge is -2.19. The number of nitrogens with one attached hydrogen (secondary N) is 2. The van der Waals surface area contributed by atoms with Crippen molar-refractivity contribution in [3.8, 4) is 11.5 Å². The Kier molecular flexibility index (Phi) is 5.32. The fraction of sp³-hybridized carbons (Fsp3) is 0.438. The first-order valence-electron chi connectivity index (χ1n) is 8.11. The average molecular weight is 364 g/mol. The molecule has 8 nitrogen and oxygen atoms in total. The molecule has 0 bridgehead atoms. The Labute approximate surface area is 148 Å². The third kappa shape index (κ3) is 3.98. The minimum Gasteiger partial charge on any atom is -0.486 e. The molecule has 1 aliphatic rings. The van der Waals surface area contributed by atoms with Gasteiger partial charge in [-0.05, 0) is 25.5 Å². The Morgan fingerprint density at radius 1 is 1.40 bits per heavy atom. The monoisotopic (exact) mass is 364 g/mol. The number of fused-ring (bicyclic) bond motifs is 1. The molecule has 134 valence electrons. The van der Waals surface area contributed by atoms with E-state index in [-0.39, 0.29) is 11.6 Å². The molecule has 0 unspecified atom stereocenters. The predicted molar refractivity (Wildman–Crippen MR) is 94.5 cm³/mol. The van der Waals surface area contributed by atoms with E-state index in [2.05, 4.69) is 15.5 Å². The summed E-state index contributed by atoms with van der Waals surface area (Å²) in [6.07, 6.45) is 0.810. The summed E-state index contributed by atoms with van der Waals surface area (Å²) in [5, 5.41) is 9.36. The molecule has 1 amide bonds. The zero-order valence-corrected chi connectivity index (χ0v) is 14.9. The summed E-state index contributed by atoms with van der Waals surface area (Å²) in [6, 6.07) is 5.28. The van der Waals surface area contributed by atoms with E-state index < -0.39 is 5.25 Å². The maximum atomic E-state index is 12.4. The van der Waals surface area contributed by atoms with Gasteiger partial charge in [0, 0.05) is 18.3 Å².